The summed E-state index contributed by atoms with van der Waals surface area (Å²) in [7, 11) is -1.41. The second kappa shape index (κ2) is 10.9. The van der Waals surface area contributed by atoms with E-state index in [9.17, 15) is 13.5 Å². The minimum atomic E-state index is -3.46. The van der Waals surface area contributed by atoms with Crippen LogP contribution < -0.4 is 0 Å². The lowest BCUT2D eigenvalue weighted by Crippen LogP contribution is -2.63. The minimum absolute atomic E-state index is 0.0567. The summed E-state index contributed by atoms with van der Waals surface area (Å²) in [4.78, 5) is 11.3. The molecule has 0 radical (unpaired) electrons. The van der Waals surface area contributed by atoms with Crippen LogP contribution in [0.1, 0.15) is 68.0 Å². The van der Waals surface area contributed by atoms with Crippen LogP contribution in [0.3, 0.4) is 0 Å². The highest BCUT2D eigenvalue weighted by molar-refractivity contribution is 7.89. The van der Waals surface area contributed by atoms with E-state index in [4.69, 9.17) is 9.63 Å². The summed E-state index contributed by atoms with van der Waals surface area (Å²) in [5, 5.41) is 25.8. The molecule has 2 aliphatic rings. The zero-order valence-electron chi connectivity index (χ0n) is 23.6. The Bertz CT molecular complexity index is 1430. The van der Waals surface area contributed by atoms with Gasteiger partial charge in [-0.3, -0.25) is 4.98 Å². The van der Waals surface area contributed by atoms with Gasteiger partial charge in [-0.15, -0.1) is 0 Å². The monoisotopic (exact) mass is 569 g/mol. The van der Waals surface area contributed by atoms with E-state index in [0.717, 1.165) is 18.7 Å². The molecule has 0 bridgehead atoms. The Morgan fingerprint density at radius 3 is 2.40 bits per heavy atom. The van der Waals surface area contributed by atoms with Gasteiger partial charge in [-0.05, 0) is 43.0 Å². The van der Waals surface area contributed by atoms with Crippen molar-refractivity contribution in [2.24, 2.45) is 5.41 Å². The molecule has 1 atom stereocenters. The van der Waals surface area contributed by atoms with Crippen molar-refractivity contribution in [3.8, 4) is 11.4 Å². The number of hydrogen-bond acceptors (Lipinski definition) is 9. The molecule has 10 nitrogen and oxygen atoms in total. The molecule has 2 fully saturated rings. The first kappa shape index (κ1) is 28.8. The highest BCUT2D eigenvalue weighted by Crippen LogP contribution is 2.50. The summed E-state index contributed by atoms with van der Waals surface area (Å²) in [6, 6.07) is 10.1. The van der Waals surface area contributed by atoms with Crippen LogP contribution in [0, 0.1) is 5.41 Å². The molecule has 5 rings (SSSR count). The van der Waals surface area contributed by atoms with Crippen molar-refractivity contribution in [2.75, 3.05) is 45.6 Å². The summed E-state index contributed by atoms with van der Waals surface area (Å²) in [6.45, 7) is 8.18. The van der Waals surface area contributed by atoms with Crippen molar-refractivity contribution >= 4 is 10.0 Å². The maximum absolute atomic E-state index is 12.5. The molecule has 2 saturated heterocycles. The summed E-state index contributed by atoms with van der Waals surface area (Å²) >= 11 is 0. The van der Waals surface area contributed by atoms with Crippen LogP contribution in [0.15, 0.2) is 47.2 Å². The van der Waals surface area contributed by atoms with Crippen LogP contribution >= 0.6 is 0 Å². The van der Waals surface area contributed by atoms with Gasteiger partial charge >= 0.3 is 0 Å². The molecule has 0 saturated carbocycles. The van der Waals surface area contributed by atoms with Gasteiger partial charge in [0.25, 0.3) is 0 Å². The molecule has 2 aromatic heterocycles. The first-order valence-corrected chi connectivity index (χ1v) is 15.5. The van der Waals surface area contributed by atoms with Crippen molar-refractivity contribution in [2.45, 2.75) is 51.0 Å². The van der Waals surface area contributed by atoms with Crippen molar-refractivity contribution in [1.29, 1.82) is 0 Å². The number of piperidine rings is 1. The Labute approximate surface area is 236 Å². The van der Waals surface area contributed by atoms with Gasteiger partial charge in [-0.2, -0.15) is 4.98 Å². The van der Waals surface area contributed by atoms with Crippen molar-refractivity contribution in [3.63, 3.8) is 0 Å². The van der Waals surface area contributed by atoms with Crippen LogP contribution in [0.25, 0.3) is 11.4 Å². The number of pyridine rings is 1. The molecule has 216 valence electrons. The molecule has 0 spiro atoms. The predicted octanol–water partition coefficient (Wildman–Crippen LogP) is 2.94. The van der Waals surface area contributed by atoms with Gasteiger partial charge < -0.3 is 19.6 Å². The molecule has 4 heterocycles. The molecule has 0 unspecified atom stereocenters. The van der Waals surface area contributed by atoms with Gasteiger partial charge in [-0.1, -0.05) is 50.2 Å². The van der Waals surface area contributed by atoms with Gasteiger partial charge in [0.05, 0.1) is 12.4 Å². The van der Waals surface area contributed by atoms with Crippen LogP contribution in [-0.2, 0) is 15.6 Å². The average molecular weight is 570 g/mol. The van der Waals surface area contributed by atoms with Gasteiger partial charge in [-0.25, -0.2) is 12.7 Å². The zero-order valence-corrected chi connectivity index (χ0v) is 24.4. The summed E-state index contributed by atoms with van der Waals surface area (Å²) in [5.74, 6) is 0.913. The minimum Gasteiger partial charge on any atom is -0.395 e. The van der Waals surface area contributed by atoms with Crippen LogP contribution in [0.2, 0.25) is 0 Å². The van der Waals surface area contributed by atoms with E-state index in [-0.39, 0.29) is 11.7 Å². The molecular formula is C29H39N5O5S. The Kier molecular flexibility index (Phi) is 7.88. The number of aromatic nitrogens is 3. The van der Waals surface area contributed by atoms with E-state index >= 15 is 0 Å². The molecule has 0 amide bonds. The molecule has 2 N–H and O–H groups in total. The topological polar surface area (TPSA) is 133 Å². The van der Waals surface area contributed by atoms with Crippen molar-refractivity contribution < 1.29 is 23.2 Å². The first-order chi connectivity index (χ1) is 19.0. The highest BCUT2D eigenvalue weighted by Gasteiger charge is 2.55. The fourth-order valence-corrected chi connectivity index (χ4v) is 7.51. The lowest BCUT2D eigenvalue weighted by Gasteiger charge is -2.55. The number of aliphatic hydroxyl groups excluding tert-OH is 1. The number of nitrogens with zero attached hydrogens (tertiary/aromatic N) is 5. The van der Waals surface area contributed by atoms with Crippen LogP contribution in [0.4, 0.5) is 0 Å². The molecule has 2 aliphatic heterocycles. The second-order valence-electron chi connectivity index (χ2n) is 11.9. The lowest BCUT2D eigenvalue weighted by molar-refractivity contribution is -0.127. The zero-order chi connectivity index (χ0) is 28.7. The Balaban J connectivity index is 1.41. The number of aliphatic hydroxyl groups is 2. The second-order valence-corrected chi connectivity index (χ2v) is 13.9. The first-order valence-electron chi connectivity index (χ1n) is 13.9. The molecule has 0 aliphatic carbocycles. The average Bonchev–Trinajstić information content (AvgIpc) is 3.42. The maximum atomic E-state index is 12.5. The largest absolute Gasteiger partial charge is 0.395 e. The van der Waals surface area contributed by atoms with Gasteiger partial charge in [0.15, 0.2) is 0 Å². The lowest BCUT2D eigenvalue weighted by atomic mass is 9.62. The van der Waals surface area contributed by atoms with Gasteiger partial charge in [0, 0.05) is 61.0 Å². The van der Waals surface area contributed by atoms with Gasteiger partial charge in [0.1, 0.15) is 5.60 Å². The van der Waals surface area contributed by atoms with Gasteiger partial charge in [0.2, 0.25) is 21.7 Å². The molecule has 1 aromatic carbocycles. The fourth-order valence-electron chi connectivity index (χ4n) is 6.25. The maximum Gasteiger partial charge on any atom is 0.230 e. The SMILES string of the molecule is CC(C)c1ccc([C@](O)(c2cncc(-c3noc(C4CCN(S(=O)(=O)CCO)CC4)n3)c2)C2(C)CN(C)C2)cc1. The van der Waals surface area contributed by atoms with E-state index in [2.05, 4.69) is 52.9 Å². The van der Waals surface area contributed by atoms with Crippen molar-refractivity contribution in [3.05, 3.63) is 65.3 Å². The van der Waals surface area contributed by atoms with E-state index < -0.39 is 27.6 Å². The molecular weight excluding hydrogens is 530 g/mol. The third-order valence-corrected chi connectivity index (χ3v) is 10.4. The number of benzene rings is 1. The normalized spacial score (nSPS) is 20.4. The van der Waals surface area contributed by atoms with Crippen molar-refractivity contribution in [1.82, 2.24) is 24.3 Å². The molecule has 11 heteroatoms. The highest BCUT2D eigenvalue weighted by atomic mass is 32.2. The standard InChI is InChI=1S/C29H39N5O5S/c1-20(2)21-5-7-24(8-6-21)29(36,28(3)18-33(4)19-28)25-15-23(16-30-17-25)26-31-27(39-32-26)22-9-11-34(12-10-22)40(37,38)14-13-35/h5-8,15-17,20,22,35-36H,9-14,18-19H2,1-4H3/t29-/m0/s1. The number of hydrogen-bond donors (Lipinski definition) is 2. The molecule has 3 aromatic rings. The number of sulfonamides is 1. The van der Waals surface area contributed by atoms with E-state index in [1.165, 1.54) is 9.87 Å². The van der Waals surface area contributed by atoms with E-state index in [1.54, 1.807) is 12.4 Å². The Morgan fingerprint density at radius 1 is 1.12 bits per heavy atom. The third-order valence-electron chi connectivity index (χ3n) is 8.51. The summed E-state index contributed by atoms with van der Waals surface area (Å²) in [5.41, 5.74) is 1.65. The Hall–Kier alpha value is -2.70. The van der Waals surface area contributed by atoms with E-state index in [1.807, 2.05) is 25.2 Å². The van der Waals surface area contributed by atoms with E-state index in [0.29, 0.717) is 54.7 Å². The molecule has 40 heavy (non-hydrogen) atoms. The van der Waals surface area contributed by atoms with Crippen LogP contribution in [-0.4, -0.2) is 88.5 Å². The smallest absolute Gasteiger partial charge is 0.230 e. The third kappa shape index (κ3) is 5.21. The fraction of sp³-hybridized carbons (Fsp3) is 0.552. The Morgan fingerprint density at radius 2 is 1.80 bits per heavy atom. The summed E-state index contributed by atoms with van der Waals surface area (Å²) < 4.78 is 31.6. The van der Waals surface area contributed by atoms with Crippen LogP contribution in [0.5, 0.6) is 0 Å². The quantitative estimate of drug-likeness (QED) is 0.399. The predicted molar refractivity (Wildman–Crippen MR) is 151 cm³/mol. The number of rotatable bonds is 9. The number of likely N-dealkylation sites (tertiary alicyclic amines) is 1. The summed E-state index contributed by atoms with van der Waals surface area (Å²) in [6.07, 6.45) is 4.50.